The van der Waals surface area contributed by atoms with Crippen LogP contribution < -0.4 is 25.2 Å². The number of carbonyl (C=O) groups is 3. The number of methoxy groups -OCH3 is 2. The third-order valence-electron chi connectivity index (χ3n) is 5.82. The van der Waals surface area contributed by atoms with E-state index in [-0.39, 0.29) is 20.5 Å². The van der Waals surface area contributed by atoms with E-state index in [1.807, 2.05) is 6.07 Å². The summed E-state index contributed by atoms with van der Waals surface area (Å²) < 4.78 is 16.3. The highest BCUT2D eigenvalue weighted by Crippen LogP contribution is 2.36. The molecule has 1 atom stereocenters. The monoisotopic (exact) mass is 582 g/mol. The lowest BCUT2D eigenvalue weighted by molar-refractivity contribution is -0.705. The summed E-state index contributed by atoms with van der Waals surface area (Å²) in [6, 6.07) is 15.7. The molecule has 0 radical (unpaired) electrons. The van der Waals surface area contributed by atoms with Crippen molar-refractivity contribution in [2.45, 2.75) is 30.5 Å². The Hall–Kier alpha value is -4.36. The van der Waals surface area contributed by atoms with Crippen LogP contribution in [0.5, 0.6) is 11.7 Å². The second-order valence-corrected chi connectivity index (χ2v) is 10.6. The minimum absolute atomic E-state index is 0.0849. The van der Waals surface area contributed by atoms with Gasteiger partial charge in [-0.05, 0) is 59.6 Å². The number of aromatic nitrogens is 2. The summed E-state index contributed by atoms with van der Waals surface area (Å²) in [6.07, 6.45) is 0.336. The van der Waals surface area contributed by atoms with Crippen LogP contribution in [-0.4, -0.2) is 42.5 Å². The van der Waals surface area contributed by atoms with E-state index >= 15 is 0 Å². The Kier molecular flexibility index (Phi) is 9.07. The van der Waals surface area contributed by atoms with Gasteiger partial charge in [0.2, 0.25) is 11.6 Å². The van der Waals surface area contributed by atoms with E-state index in [0.717, 1.165) is 23.1 Å². The maximum atomic E-state index is 13.4. The van der Waals surface area contributed by atoms with E-state index in [1.165, 1.54) is 11.8 Å². The number of nitrogens with one attached hydrogen (secondary N) is 2. The van der Waals surface area contributed by atoms with E-state index in [1.54, 1.807) is 69.5 Å². The van der Waals surface area contributed by atoms with Gasteiger partial charge in [0.1, 0.15) is 10.8 Å². The Bertz CT molecular complexity index is 1520. The number of amides is 2. The normalized spacial score (nSPS) is 11.5. The number of benzene rings is 2. The molecule has 0 aliphatic rings. The number of esters is 1. The van der Waals surface area contributed by atoms with Gasteiger partial charge < -0.3 is 29.7 Å². The van der Waals surface area contributed by atoms with Crippen LogP contribution in [0.3, 0.4) is 0 Å². The topological polar surface area (TPSA) is 147 Å². The number of rotatable bonds is 10. The summed E-state index contributed by atoms with van der Waals surface area (Å²) >= 11 is 1.94. The molecular weight excluding hydrogens is 556 g/mol. The number of hydrogen-bond acceptors (Lipinski definition) is 10. The molecule has 2 aromatic heterocycles. The molecule has 0 fully saturated rings. The van der Waals surface area contributed by atoms with Gasteiger partial charge in [0, 0.05) is 17.8 Å². The maximum Gasteiger partial charge on any atom is 0.341 e. The van der Waals surface area contributed by atoms with Crippen molar-refractivity contribution in [2.24, 2.45) is 0 Å². The van der Waals surface area contributed by atoms with Gasteiger partial charge in [0.15, 0.2) is 5.95 Å². The fraction of sp³-hybridized carbons (Fsp3) is 0.222. The number of carbonyl (C=O) groups excluding carboxylic acids is 3. The molecule has 0 aliphatic heterocycles. The largest absolute Gasteiger partial charge is 0.538 e. The Morgan fingerprint density at radius 1 is 1.10 bits per heavy atom. The lowest BCUT2D eigenvalue weighted by Crippen LogP contribution is -2.36. The van der Waals surface area contributed by atoms with Crippen molar-refractivity contribution in [1.82, 2.24) is 5.27 Å². The lowest BCUT2D eigenvalue weighted by Gasteiger charge is -2.13. The molecular formula is C27H26N4O7S2. The van der Waals surface area contributed by atoms with Gasteiger partial charge in [0.25, 0.3) is 10.9 Å². The molecule has 2 aromatic carbocycles. The van der Waals surface area contributed by atoms with Crippen LogP contribution in [0.1, 0.15) is 38.9 Å². The zero-order chi connectivity index (χ0) is 28.8. The first kappa shape index (κ1) is 28.6. The van der Waals surface area contributed by atoms with Crippen molar-refractivity contribution in [3.63, 3.8) is 0 Å². The number of thioether (sulfide) groups is 1. The van der Waals surface area contributed by atoms with Gasteiger partial charge in [-0.15, -0.1) is 11.3 Å². The number of anilines is 2. The molecule has 4 aromatic rings. The average Bonchev–Trinajstić information content (AvgIpc) is 3.50. The van der Waals surface area contributed by atoms with Crippen LogP contribution in [0.4, 0.5) is 10.7 Å². The molecule has 4 rings (SSSR count). The van der Waals surface area contributed by atoms with Crippen molar-refractivity contribution in [1.29, 1.82) is 0 Å². The van der Waals surface area contributed by atoms with Crippen LogP contribution >= 0.6 is 23.1 Å². The smallest absolute Gasteiger partial charge is 0.341 e. The minimum Gasteiger partial charge on any atom is -0.538 e. The molecule has 13 heteroatoms. The third-order valence-corrected chi connectivity index (χ3v) is 8.42. The van der Waals surface area contributed by atoms with Gasteiger partial charge in [0.05, 0.1) is 35.2 Å². The molecule has 0 saturated carbocycles. The minimum atomic E-state index is -0.758. The molecule has 0 saturated heterocycles. The molecule has 0 bridgehead atoms. The van der Waals surface area contributed by atoms with Gasteiger partial charge in [-0.25, -0.2) is 4.79 Å². The Labute approximate surface area is 238 Å². The van der Waals surface area contributed by atoms with Gasteiger partial charge >= 0.3 is 5.97 Å². The van der Waals surface area contributed by atoms with Crippen molar-refractivity contribution in [2.75, 3.05) is 24.9 Å². The maximum absolute atomic E-state index is 13.4. The molecule has 0 aliphatic carbocycles. The first-order chi connectivity index (χ1) is 19.3. The van der Waals surface area contributed by atoms with E-state index in [4.69, 9.17) is 14.0 Å². The van der Waals surface area contributed by atoms with E-state index in [2.05, 4.69) is 15.9 Å². The Morgan fingerprint density at radius 3 is 2.42 bits per heavy atom. The van der Waals surface area contributed by atoms with Gasteiger partial charge in [-0.1, -0.05) is 25.1 Å². The number of hydrogen-bond donors (Lipinski definition) is 2. The number of thiophene rings is 1. The van der Waals surface area contributed by atoms with Crippen molar-refractivity contribution >= 4 is 51.6 Å². The molecule has 2 heterocycles. The fourth-order valence-corrected chi connectivity index (χ4v) is 5.82. The molecule has 2 N–H and O–H groups in total. The van der Waals surface area contributed by atoms with Gasteiger partial charge in [-0.2, -0.15) is 0 Å². The SMILES string of the molecule is CCC(Sc1c([O-])on[n+]1-c1ccc(OC)cc1)C(=O)Nc1sc(C(=O)Nc2ccccc2)c(C)c1C(=O)OC. The third kappa shape index (κ3) is 6.10. The zero-order valence-electron chi connectivity index (χ0n) is 22.0. The molecule has 11 nitrogen and oxygen atoms in total. The van der Waals surface area contributed by atoms with Crippen LogP contribution in [-0.2, 0) is 9.53 Å². The summed E-state index contributed by atoms with van der Waals surface area (Å²) in [6.45, 7) is 3.40. The molecule has 1 unspecified atom stereocenters. The quantitative estimate of drug-likeness (QED) is 0.161. The second-order valence-electron chi connectivity index (χ2n) is 8.35. The zero-order valence-corrected chi connectivity index (χ0v) is 23.7. The average molecular weight is 583 g/mol. The summed E-state index contributed by atoms with van der Waals surface area (Å²) in [5.74, 6) is -1.67. The standard InChI is InChI=1S/C27H26N4O7S2/c1-5-19(39-25-27(35)38-30-31(25)17-11-13-18(36-3)14-12-17)22(32)29-24-20(26(34)37-4)15(2)21(40-24)23(33)28-16-9-7-6-8-10-16/h6-14,19H,5H2,1-4H3,(H2-,28,29,30,32,33,34,35). The Morgan fingerprint density at radius 2 is 1.80 bits per heavy atom. The van der Waals surface area contributed by atoms with Crippen LogP contribution in [0.15, 0.2) is 64.1 Å². The first-order valence-corrected chi connectivity index (χ1v) is 13.8. The summed E-state index contributed by atoms with van der Waals surface area (Å²) in [5.41, 5.74) is 1.59. The Balaban J connectivity index is 1.59. The first-order valence-electron chi connectivity index (χ1n) is 12.1. The van der Waals surface area contributed by atoms with E-state index in [9.17, 15) is 19.5 Å². The second kappa shape index (κ2) is 12.7. The predicted molar refractivity (Wildman–Crippen MR) is 147 cm³/mol. The number of ether oxygens (including phenoxy) is 2. The molecule has 0 spiro atoms. The summed E-state index contributed by atoms with van der Waals surface area (Å²) in [4.78, 5) is 39.3. The van der Waals surface area contributed by atoms with Crippen molar-refractivity contribution < 1.29 is 38.2 Å². The van der Waals surface area contributed by atoms with Gasteiger partial charge in [-0.3, -0.25) is 9.59 Å². The highest BCUT2D eigenvalue weighted by atomic mass is 32.2. The van der Waals surface area contributed by atoms with Crippen molar-refractivity contribution in [3.05, 3.63) is 70.6 Å². The highest BCUT2D eigenvalue weighted by Gasteiger charge is 2.31. The number of nitrogens with zero attached hydrogens (tertiary/aromatic N) is 2. The summed E-state index contributed by atoms with van der Waals surface area (Å²) in [5, 5.41) is 21.4. The fourth-order valence-electron chi connectivity index (χ4n) is 3.75. The van der Waals surface area contributed by atoms with Crippen LogP contribution in [0.2, 0.25) is 0 Å². The van der Waals surface area contributed by atoms with E-state index < -0.39 is 29.0 Å². The van der Waals surface area contributed by atoms with Crippen molar-refractivity contribution in [3.8, 4) is 17.4 Å². The molecule has 40 heavy (non-hydrogen) atoms. The van der Waals surface area contributed by atoms with Crippen LogP contribution in [0, 0.1) is 6.92 Å². The summed E-state index contributed by atoms with van der Waals surface area (Å²) in [7, 11) is 2.76. The number of para-hydroxylation sites is 1. The lowest BCUT2D eigenvalue weighted by atomic mass is 10.1. The highest BCUT2D eigenvalue weighted by molar-refractivity contribution is 8.00. The van der Waals surface area contributed by atoms with Crippen LogP contribution in [0.25, 0.3) is 5.69 Å². The molecule has 208 valence electrons. The predicted octanol–water partition coefficient (Wildman–Crippen LogP) is 3.95. The molecule has 2 amide bonds. The van der Waals surface area contributed by atoms with E-state index in [0.29, 0.717) is 29.1 Å².